The van der Waals surface area contributed by atoms with Crippen molar-refractivity contribution >= 4 is 22.2 Å². The van der Waals surface area contributed by atoms with Crippen LogP contribution in [0.3, 0.4) is 0 Å². The third kappa shape index (κ3) is 3.31. The second-order valence-corrected chi connectivity index (χ2v) is 3.96. The van der Waals surface area contributed by atoms with E-state index >= 15 is 0 Å². The van der Waals surface area contributed by atoms with E-state index in [-0.39, 0.29) is 10.5 Å². The summed E-state index contributed by atoms with van der Waals surface area (Å²) >= 11 is 1.59. The van der Waals surface area contributed by atoms with E-state index in [9.17, 15) is 4.79 Å². The third-order valence-electron chi connectivity index (χ3n) is 2.83. The average Bonchev–Trinajstić information content (AvgIpc) is 2.06. The molecule has 0 spiro atoms. The van der Waals surface area contributed by atoms with Gasteiger partial charge in [0.2, 0.25) is 0 Å². The first-order valence-corrected chi connectivity index (χ1v) is 4.96. The van der Waals surface area contributed by atoms with Crippen LogP contribution in [0.1, 0.15) is 38.5 Å². The van der Waals surface area contributed by atoms with Crippen LogP contribution in [0.4, 0.5) is 0 Å². The summed E-state index contributed by atoms with van der Waals surface area (Å²) in [5.41, 5.74) is 5.70. The molecule has 1 saturated carbocycles. The van der Waals surface area contributed by atoms with Crippen LogP contribution in [0, 0.1) is 5.92 Å². The van der Waals surface area contributed by atoms with Gasteiger partial charge in [0, 0.05) is 0 Å². The maximum absolute atomic E-state index is 10.9. The predicted molar refractivity (Wildman–Crippen MR) is 49.9 cm³/mol. The molecule has 1 aliphatic rings. The molecule has 0 saturated heterocycles. The van der Waals surface area contributed by atoms with Gasteiger partial charge in [-0.3, -0.25) is 0 Å². The zero-order chi connectivity index (χ0) is 8.97. The molecule has 0 aromatic carbocycles. The minimum atomic E-state index is -0.201. The molecule has 0 bridgehead atoms. The average molecular weight is 161 g/mol. The van der Waals surface area contributed by atoms with Gasteiger partial charge in [0.1, 0.15) is 0 Å². The number of carbonyl (C=O) groups is 1. The van der Waals surface area contributed by atoms with Crippen molar-refractivity contribution in [2.24, 2.45) is 11.7 Å². The van der Waals surface area contributed by atoms with Gasteiger partial charge in [-0.25, -0.2) is 0 Å². The molecule has 0 aromatic rings. The molecular formula is C9H16LiNO. The van der Waals surface area contributed by atoms with Gasteiger partial charge in [-0.05, 0) is 0 Å². The molecule has 0 heterocycles. The zero-order valence-electron chi connectivity index (χ0n) is 7.88. The van der Waals surface area contributed by atoms with Gasteiger partial charge in [-0.15, -0.1) is 0 Å². The predicted octanol–water partition coefficient (Wildman–Crippen LogP) is 0.979. The Morgan fingerprint density at radius 2 is 2.00 bits per heavy atom. The van der Waals surface area contributed by atoms with Crippen LogP contribution in [0.15, 0.2) is 0 Å². The van der Waals surface area contributed by atoms with E-state index in [1.807, 2.05) is 0 Å². The van der Waals surface area contributed by atoms with Gasteiger partial charge >= 0.3 is 83.2 Å². The minimum absolute atomic E-state index is 0.139. The van der Waals surface area contributed by atoms with Crippen molar-refractivity contribution in [3.05, 3.63) is 0 Å². The van der Waals surface area contributed by atoms with Gasteiger partial charge in [0.25, 0.3) is 0 Å². The van der Waals surface area contributed by atoms with E-state index in [1.54, 1.807) is 17.7 Å². The van der Waals surface area contributed by atoms with E-state index in [4.69, 9.17) is 5.73 Å². The first-order chi connectivity index (χ1) is 5.70. The third-order valence-corrected chi connectivity index (χ3v) is 2.83. The molecule has 0 unspecified atom stereocenters. The standard InChI is InChI=1S/C9H16NO.Li/c10-9(7-11)6-8-4-2-1-3-5-8;/h8-9H,1-6,10H2;/t9-;/m0./s1. The van der Waals surface area contributed by atoms with E-state index in [0.29, 0.717) is 0 Å². The van der Waals surface area contributed by atoms with E-state index in [0.717, 1.165) is 12.3 Å². The molecule has 1 aliphatic carbocycles. The Balaban J connectivity index is 2.24. The van der Waals surface area contributed by atoms with Crippen molar-refractivity contribution in [1.29, 1.82) is 0 Å². The molecule has 12 heavy (non-hydrogen) atoms. The summed E-state index contributed by atoms with van der Waals surface area (Å²) in [5.74, 6) is 0.720. The van der Waals surface area contributed by atoms with Crippen LogP contribution >= 0.6 is 0 Å². The topological polar surface area (TPSA) is 43.1 Å². The molecule has 0 radical (unpaired) electrons. The number of hydrogen-bond acceptors (Lipinski definition) is 2. The molecule has 1 fully saturated rings. The van der Waals surface area contributed by atoms with Crippen LogP contribution in [-0.4, -0.2) is 28.2 Å². The molecule has 0 aliphatic heterocycles. The molecule has 64 valence electrons. The van der Waals surface area contributed by atoms with Crippen LogP contribution in [-0.2, 0) is 4.79 Å². The molecule has 2 nitrogen and oxygen atoms in total. The Bertz CT molecular complexity index is 155. The second-order valence-electron chi connectivity index (χ2n) is 3.96. The monoisotopic (exact) mass is 161 g/mol. The summed E-state index contributed by atoms with van der Waals surface area (Å²) < 4.78 is 0.139. The van der Waals surface area contributed by atoms with E-state index < -0.39 is 0 Å². The van der Waals surface area contributed by atoms with Crippen molar-refractivity contribution in [3.63, 3.8) is 0 Å². The molecular weight excluding hydrogens is 145 g/mol. The molecule has 0 aromatic heterocycles. The molecule has 0 amide bonds. The second kappa shape index (κ2) is 5.06. The van der Waals surface area contributed by atoms with Gasteiger partial charge in [0.15, 0.2) is 0 Å². The normalized spacial score (nSPS) is 22.2. The van der Waals surface area contributed by atoms with Crippen molar-refractivity contribution in [3.8, 4) is 0 Å². The maximum atomic E-state index is 10.9. The Morgan fingerprint density at radius 3 is 2.50 bits per heavy atom. The summed E-state index contributed by atoms with van der Waals surface area (Å²) in [5, 5.41) is 0. The quantitative estimate of drug-likeness (QED) is 0.627. The van der Waals surface area contributed by atoms with Crippen molar-refractivity contribution < 1.29 is 4.79 Å². The van der Waals surface area contributed by atoms with Gasteiger partial charge in [-0.2, -0.15) is 0 Å². The Hall–Kier alpha value is 0.227. The number of hydrogen-bond donors (Lipinski definition) is 1. The molecule has 1 atom stereocenters. The van der Waals surface area contributed by atoms with Gasteiger partial charge < -0.3 is 0 Å². The SMILES string of the molecule is [Li][C](=O)[C@@H](N)CC1CCCCC1. The number of carbonyl (C=O) groups excluding carboxylic acids is 1. The molecule has 1 rings (SSSR count). The first-order valence-electron chi connectivity index (χ1n) is 4.96. The molecule has 3 heteroatoms. The first kappa shape index (κ1) is 10.3. The van der Waals surface area contributed by atoms with Crippen molar-refractivity contribution in [1.82, 2.24) is 0 Å². The van der Waals surface area contributed by atoms with Gasteiger partial charge in [-0.1, -0.05) is 0 Å². The summed E-state index contributed by atoms with van der Waals surface area (Å²) in [6.07, 6.45) is 7.49. The zero-order valence-corrected chi connectivity index (χ0v) is 7.88. The Morgan fingerprint density at radius 1 is 1.42 bits per heavy atom. The summed E-state index contributed by atoms with van der Waals surface area (Å²) in [6, 6.07) is -0.201. The number of rotatable bonds is 3. The van der Waals surface area contributed by atoms with E-state index in [2.05, 4.69) is 0 Å². The fourth-order valence-corrected chi connectivity index (χ4v) is 1.95. The van der Waals surface area contributed by atoms with Crippen LogP contribution in [0.5, 0.6) is 0 Å². The van der Waals surface area contributed by atoms with E-state index in [1.165, 1.54) is 32.1 Å². The van der Waals surface area contributed by atoms with Crippen LogP contribution < -0.4 is 5.73 Å². The van der Waals surface area contributed by atoms with Gasteiger partial charge in [0.05, 0.1) is 0 Å². The number of nitrogens with two attached hydrogens (primary N) is 1. The van der Waals surface area contributed by atoms with Crippen LogP contribution in [0.2, 0.25) is 0 Å². The van der Waals surface area contributed by atoms with Crippen molar-refractivity contribution in [2.75, 3.05) is 0 Å². The summed E-state index contributed by atoms with van der Waals surface area (Å²) in [6.45, 7) is 0. The Labute approximate surface area is 83.5 Å². The fourth-order valence-electron chi connectivity index (χ4n) is 1.95. The Kier molecular flexibility index (Phi) is 4.35. The fraction of sp³-hybridized carbons (Fsp3) is 0.889. The summed E-state index contributed by atoms with van der Waals surface area (Å²) in [7, 11) is 0. The van der Waals surface area contributed by atoms with Crippen molar-refractivity contribution in [2.45, 2.75) is 44.6 Å². The summed E-state index contributed by atoms with van der Waals surface area (Å²) in [4.78, 5) is 10.9. The van der Waals surface area contributed by atoms with Crippen LogP contribution in [0.25, 0.3) is 0 Å². The molecule has 2 N–H and O–H groups in total.